The van der Waals surface area contributed by atoms with Crippen molar-refractivity contribution in [3.63, 3.8) is 0 Å². The lowest BCUT2D eigenvalue weighted by molar-refractivity contribution is -0.128. The number of rotatable bonds is 5. The highest BCUT2D eigenvalue weighted by Crippen LogP contribution is 2.25. The van der Waals surface area contributed by atoms with Gasteiger partial charge in [-0.15, -0.1) is 0 Å². The third kappa shape index (κ3) is 6.36. The van der Waals surface area contributed by atoms with Gasteiger partial charge in [0, 0.05) is 16.6 Å². The van der Waals surface area contributed by atoms with Gasteiger partial charge in [-0.25, -0.2) is 0 Å². The Morgan fingerprint density at radius 3 is 2.52 bits per heavy atom. The van der Waals surface area contributed by atoms with E-state index in [4.69, 9.17) is 22.1 Å². The Hall–Kier alpha value is -1.26. The van der Waals surface area contributed by atoms with Crippen LogP contribution in [-0.2, 0) is 11.2 Å². The van der Waals surface area contributed by atoms with Crippen molar-refractivity contribution in [3.05, 3.63) is 28.8 Å². The van der Waals surface area contributed by atoms with E-state index in [1.807, 2.05) is 33.8 Å². The number of hydrogen-bond donors (Lipinski definition) is 2. The Morgan fingerprint density at radius 1 is 1.38 bits per heavy atom. The Kier molecular flexibility index (Phi) is 6.05. The second kappa shape index (κ2) is 7.14. The summed E-state index contributed by atoms with van der Waals surface area (Å²) in [5.41, 5.74) is 6.46. The molecule has 21 heavy (non-hydrogen) atoms. The number of benzene rings is 1. The highest BCUT2D eigenvalue weighted by molar-refractivity contribution is 6.30. The molecule has 0 aromatic heterocycles. The minimum Gasteiger partial charge on any atom is -0.481 e. The molecule has 5 heteroatoms. The molecule has 0 aliphatic heterocycles. The summed E-state index contributed by atoms with van der Waals surface area (Å²) in [6, 6.07) is 5.34. The fourth-order valence-electron chi connectivity index (χ4n) is 1.88. The van der Waals surface area contributed by atoms with Crippen molar-refractivity contribution in [1.29, 1.82) is 0 Å². The fourth-order valence-corrected chi connectivity index (χ4v) is 2.08. The summed E-state index contributed by atoms with van der Waals surface area (Å²) in [6.45, 7) is 9.44. The highest BCUT2D eigenvalue weighted by Gasteiger charge is 2.21. The summed E-state index contributed by atoms with van der Waals surface area (Å²) in [4.78, 5) is 12.1. The van der Waals surface area contributed by atoms with E-state index in [9.17, 15) is 4.79 Å². The maximum Gasteiger partial charge on any atom is 0.261 e. The second-order valence-electron chi connectivity index (χ2n) is 6.43. The van der Waals surface area contributed by atoms with Crippen LogP contribution in [0.5, 0.6) is 5.75 Å². The van der Waals surface area contributed by atoms with Gasteiger partial charge in [0.2, 0.25) is 0 Å². The molecular formula is C16H25ClN2O2. The van der Waals surface area contributed by atoms with E-state index in [0.29, 0.717) is 17.2 Å². The van der Waals surface area contributed by atoms with E-state index in [0.717, 1.165) is 5.56 Å². The van der Waals surface area contributed by atoms with E-state index in [1.54, 1.807) is 19.1 Å². The maximum atomic E-state index is 12.1. The van der Waals surface area contributed by atoms with Gasteiger partial charge in [0.1, 0.15) is 5.75 Å². The van der Waals surface area contributed by atoms with Crippen LogP contribution in [0, 0.1) is 0 Å². The van der Waals surface area contributed by atoms with Crippen molar-refractivity contribution in [1.82, 2.24) is 5.32 Å². The molecular weight excluding hydrogens is 288 g/mol. The first-order valence-electron chi connectivity index (χ1n) is 7.11. The zero-order valence-corrected chi connectivity index (χ0v) is 14.1. The van der Waals surface area contributed by atoms with Crippen LogP contribution in [-0.4, -0.2) is 23.6 Å². The minimum absolute atomic E-state index is 0.00970. The summed E-state index contributed by atoms with van der Waals surface area (Å²) in [7, 11) is 0. The summed E-state index contributed by atoms with van der Waals surface area (Å²) in [5.74, 6) is 0.498. The number of amides is 1. The minimum atomic E-state index is -0.586. The van der Waals surface area contributed by atoms with Gasteiger partial charge in [-0.05, 0) is 64.8 Å². The number of ether oxygens (including phenoxy) is 1. The monoisotopic (exact) mass is 312 g/mol. The first-order chi connectivity index (χ1) is 9.58. The molecule has 0 spiro atoms. The normalized spacial score (nSPS) is 14.4. The van der Waals surface area contributed by atoms with Crippen molar-refractivity contribution in [2.45, 2.75) is 58.7 Å². The zero-order chi connectivity index (χ0) is 16.2. The number of nitrogens with one attached hydrogen (secondary N) is 1. The van der Waals surface area contributed by atoms with Crippen molar-refractivity contribution in [2.24, 2.45) is 5.73 Å². The molecule has 2 unspecified atom stereocenters. The maximum absolute atomic E-state index is 12.1. The third-order valence-electron chi connectivity index (χ3n) is 2.74. The number of hydrogen-bond acceptors (Lipinski definition) is 3. The van der Waals surface area contributed by atoms with Crippen molar-refractivity contribution in [3.8, 4) is 5.75 Å². The third-order valence-corrected chi connectivity index (χ3v) is 2.97. The number of nitrogens with two attached hydrogens (primary N) is 1. The van der Waals surface area contributed by atoms with Gasteiger partial charge in [-0.3, -0.25) is 4.79 Å². The van der Waals surface area contributed by atoms with Gasteiger partial charge >= 0.3 is 0 Å². The van der Waals surface area contributed by atoms with Gasteiger partial charge in [0.25, 0.3) is 5.91 Å². The first-order valence-corrected chi connectivity index (χ1v) is 7.49. The van der Waals surface area contributed by atoms with Gasteiger partial charge < -0.3 is 15.8 Å². The lowest BCUT2D eigenvalue weighted by atomic mass is 10.1. The molecule has 0 aliphatic carbocycles. The van der Waals surface area contributed by atoms with Gasteiger partial charge in [0.05, 0.1) is 0 Å². The number of carbonyl (C=O) groups is 1. The number of carbonyl (C=O) groups excluding carboxylic acids is 1. The summed E-state index contributed by atoms with van der Waals surface area (Å²) in [5, 5.41) is 3.53. The van der Waals surface area contributed by atoms with Crippen LogP contribution in [0.15, 0.2) is 18.2 Å². The van der Waals surface area contributed by atoms with Crippen LogP contribution in [0.2, 0.25) is 5.02 Å². The Balaban J connectivity index is 2.84. The van der Waals surface area contributed by atoms with Crippen LogP contribution >= 0.6 is 11.6 Å². The molecule has 0 radical (unpaired) electrons. The van der Waals surface area contributed by atoms with E-state index in [2.05, 4.69) is 5.32 Å². The molecule has 0 aliphatic rings. The molecule has 1 aromatic carbocycles. The molecule has 1 amide bonds. The Labute approximate surface area is 132 Å². The van der Waals surface area contributed by atoms with E-state index >= 15 is 0 Å². The van der Waals surface area contributed by atoms with E-state index in [1.165, 1.54) is 0 Å². The van der Waals surface area contributed by atoms with Crippen molar-refractivity contribution in [2.75, 3.05) is 0 Å². The molecule has 3 N–H and O–H groups in total. The van der Waals surface area contributed by atoms with Crippen molar-refractivity contribution < 1.29 is 9.53 Å². The van der Waals surface area contributed by atoms with Crippen molar-refractivity contribution >= 4 is 17.5 Å². The average Bonchev–Trinajstić information content (AvgIpc) is 2.29. The molecule has 118 valence electrons. The summed E-state index contributed by atoms with van der Waals surface area (Å²) >= 11 is 6.01. The van der Waals surface area contributed by atoms with E-state index in [-0.39, 0.29) is 17.5 Å². The van der Waals surface area contributed by atoms with Crippen LogP contribution in [0.25, 0.3) is 0 Å². The van der Waals surface area contributed by atoms with Gasteiger partial charge in [-0.1, -0.05) is 11.6 Å². The predicted molar refractivity (Wildman–Crippen MR) is 86.8 cm³/mol. The molecule has 0 heterocycles. The quantitative estimate of drug-likeness (QED) is 0.878. The van der Waals surface area contributed by atoms with Crippen LogP contribution in [0.1, 0.15) is 40.2 Å². The first kappa shape index (κ1) is 17.8. The lowest BCUT2D eigenvalue weighted by Crippen LogP contribution is -2.46. The largest absolute Gasteiger partial charge is 0.481 e. The molecule has 0 bridgehead atoms. The van der Waals surface area contributed by atoms with E-state index < -0.39 is 6.10 Å². The molecule has 0 fully saturated rings. The predicted octanol–water partition coefficient (Wildman–Crippen LogP) is 2.91. The van der Waals surface area contributed by atoms with Gasteiger partial charge in [0.15, 0.2) is 6.10 Å². The fraction of sp³-hybridized carbons (Fsp3) is 0.562. The van der Waals surface area contributed by atoms with Gasteiger partial charge in [-0.2, -0.15) is 0 Å². The average molecular weight is 313 g/mol. The van der Waals surface area contributed by atoms with Crippen LogP contribution < -0.4 is 15.8 Å². The van der Waals surface area contributed by atoms with Crippen LogP contribution in [0.4, 0.5) is 0 Å². The molecule has 0 saturated carbocycles. The molecule has 1 rings (SSSR count). The SMILES string of the molecule is CC(N)Cc1cc(Cl)ccc1OC(C)C(=O)NC(C)(C)C. The Bertz CT molecular complexity index is 496. The zero-order valence-electron chi connectivity index (χ0n) is 13.4. The topological polar surface area (TPSA) is 64.3 Å². The molecule has 0 saturated heterocycles. The smallest absolute Gasteiger partial charge is 0.261 e. The summed E-state index contributed by atoms with van der Waals surface area (Å²) < 4.78 is 5.78. The molecule has 2 atom stereocenters. The summed E-state index contributed by atoms with van der Waals surface area (Å²) in [6.07, 6.45) is 0.0565. The van der Waals surface area contributed by atoms with Crippen LogP contribution in [0.3, 0.4) is 0 Å². The second-order valence-corrected chi connectivity index (χ2v) is 6.87. The molecule has 1 aromatic rings. The lowest BCUT2D eigenvalue weighted by Gasteiger charge is -2.24. The molecule has 4 nitrogen and oxygen atoms in total. The standard InChI is InChI=1S/C16H25ClN2O2/c1-10(18)8-12-9-13(17)6-7-14(12)21-11(2)15(20)19-16(3,4)5/h6-7,9-11H,8,18H2,1-5H3,(H,19,20). The number of halogens is 1. The highest BCUT2D eigenvalue weighted by atomic mass is 35.5. The Morgan fingerprint density at radius 2 is 2.00 bits per heavy atom.